The van der Waals surface area contributed by atoms with E-state index in [0.29, 0.717) is 10.8 Å². The van der Waals surface area contributed by atoms with E-state index in [1.807, 2.05) is 0 Å². The van der Waals surface area contributed by atoms with Crippen molar-refractivity contribution in [1.29, 1.82) is 0 Å². The molecule has 0 fully saturated rings. The molecule has 0 saturated heterocycles. The summed E-state index contributed by atoms with van der Waals surface area (Å²) < 4.78 is 0. The Balaban J connectivity index is 4.14. The molecule has 0 rings (SSSR count). The van der Waals surface area contributed by atoms with E-state index >= 15 is 0 Å². The summed E-state index contributed by atoms with van der Waals surface area (Å²) >= 11 is 0. The van der Waals surface area contributed by atoms with Crippen molar-refractivity contribution in [1.82, 2.24) is 10.6 Å². The van der Waals surface area contributed by atoms with Gasteiger partial charge in [-0.15, -0.1) is 0 Å². The largest absolute Gasteiger partial charge is 0.301 e. The van der Waals surface area contributed by atoms with Gasteiger partial charge in [0.05, 0.1) is 13.1 Å². The summed E-state index contributed by atoms with van der Waals surface area (Å²) in [7, 11) is 0. The zero-order valence-corrected chi connectivity index (χ0v) is 16.8. The van der Waals surface area contributed by atoms with E-state index in [1.165, 1.54) is 0 Å². The molecule has 2 nitrogen and oxygen atoms in total. The lowest BCUT2D eigenvalue weighted by Crippen LogP contribution is -2.43. The van der Waals surface area contributed by atoms with Crippen LogP contribution in [0.5, 0.6) is 0 Å². The lowest BCUT2D eigenvalue weighted by atomic mass is 9.82. The molecule has 0 aromatic carbocycles. The molecule has 22 heavy (non-hydrogen) atoms. The Morgan fingerprint density at radius 2 is 0.818 bits per heavy atom. The molecule has 0 unspecified atom stereocenters. The highest BCUT2D eigenvalue weighted by Crippen LogP contribution is 2.27. The highest BCUT2D eigenvalue weighted by Gasteiger charge is 2.25. The van der Waals surface area contributed by atoms with Gasteiger partial charge in [-0.25, -0.2) is 0 Å². The standard InChI is InChI=1S/C20H40N2/c1-17(2,3)15-19(7,8)21-13-11-12-14-22-20(9,10)16-18(4,5)6/h21-22H,13-16H2,1-10H3. The monoisotopic (exact) mass is 308 g/mol. The molecule has 0 spiro atoms. The second-order valence-electron chi connectivity index (χ2n) is 10.3. The van der Waals surface area contributed by atoms with Crippen LogP contribution in [0, 0.1) is 22.7 Å². The first-order valence-corrected chi connectivity index (χ1v) is 8.58. The van der Waals surface area contributed by atoms with Crippen molar-refractivity contribution in [2.45, 2.75) is 93.2 Å². The van der Waals surface area contributed by atoms with Gasteiger partial charge < -0.3 is 10.6 Å². The fourth-order valence-corrected chi connectivity index (χ4v) is 3.47. The third-order valence-electron chi connectivity index (χ3n) is 3.38. The molecule has 0 aromatic rings. The molecule has 130 valence electrons. The molecule has 0 heterocycles. The van der Waals surface area contributed by atoms with Crippen LogP contribution >= 0.6 is 0 Å². The average Bonchev–Trinajstić information content (AvgIpc) is 2.15. The maximum absolute atomic E-state index is 3.55. The Hall–Kier alpha value is -0.520. The van der Waals surface area contributed by atoms with Crippen LogP contribution in [0.4, 0.5) is 0 Å². The SMILES string of the molecule is CC(C)(C)CC(C)(C)NCC#CCNC(C)(C)CC(C)(C)C. The van der Waals surface area contributed by atoms with E-state index in [-0.39, 0.29) is 11.1 Å². The summed E-state index contributed by atoms with van der Waals surface area (Å²) in [6.45, 7) is 24.2. The quantitative estimate of drug-likeness (QED) is 0.701. The van der Waals surface area contributed by atoms with Gasteiger partial charge in [-0.3, -0.25) is 0 Å². The van der Waals surface area contributed by atoms with Gasteiger partial charge in [-0.2, -0.15) is 0 Å². The van der Waals surface area contributed by atoms with E-state index in [2.05, 4.69) is 91.7 Å². The van der Waals surface area contributed by atoms with Crippen LogP contribution in [0.1, 0.15) is 82.1 Å². The molecule has 2 N–H and O–H groups in total. The fourth-order valence-electron chi connectivity index (χ4n) is 3.47. The summed E-state index contributed by atoms with van der Waals surface area (Å²) in [6.07, 6.45) is 2.27. The van der Waals surface area contributed by atoms with Crippen molar-refractivity contribution in [2.24, 2.45) is 10.8 Å². The van der Waals surface area contributed by atoms with Gasteiger partial charge in [0.15, 0.2) is 0 Å². The zero-order valence-electron chi connectivity index (χ0n) is 16.8. The Labute approximate surface area is 140 Å². The van der Waals surface area contributed by atoms with Crippen molar-refractivity contribution in [3.8, 4) is 11.8 Å². The molecule has 0 radical (unpaired) electrons. The van der Waals surface area contributed by atoms with Crippen LogP contribution in [-0.4, -0.2) is 24.2 Å². The first kappa shape index (κ1) is 21.5. The van der Waals surface area contributed by atoms with Crippen LogP contribution in [0.2, 0.25) is 0 Å². The van der Waals surface area contributed by atoms with Gasteiger partial charge in [0.25, 0.3) is 0 Å². The van der Waals surface area contributed by atoms with Crippen molar-refractivity contribution in [3.05, 3.63) is 0 Å². The maximum atomic E-state index is 3.55. The summed E-state index contributed by atoms with van der Waals surface area (Å²) in [5, 5.41) is 7.10. The summed E-state index contributed by atoms with van der Waals surface area (Å²) in [4.78, 5) is 0. The van der Waals surface area contributed by atoms with Gasteiger partial charge in [0, 0.05) is 11.1 Å². The third kappa shape index (κ3) is 13.2. The second-order valence-corrected chi connectivity index (χ2v) is 10.3. The number of nitrogens with one attached hydrogen (secondary N) is 2. The van der Waals surface area contributed by atoms with Crippen LogP contribution in [0.25, 0.3) is 0 Å². The first-order valence-electron chi connectivity index (χ1n) is 8.58. The Kier molecular flexibility index (Phi) is 7.66. The van der Waals surface area contributed by atoms with Gasteiger partial charge in [-0.1, -0.05) is 53.4 Å². The van der Waals surface area contributed by atoms with Crippen molar-refractivity contribution in [2.75, 3.05) is 13.1 Å². The summed E-state index contributed by atoms with van der Waals surface area (Å²) in [6, 6.07) is 0. The zero-order chi connectivity index (χ0) is 17.7. The smallest absolute Gasteiger partial charge is 0.0581 e. The van der Waals surface area contributed by atoms with E-state index < -0.39 is 0 Å². The van der Waals surface area contributed by atoms with Gasteiger partial charge >= 0.3 is 0 Å². The van der Waals surface area contributed by atoms with Crippen molar-refractivity contribution in [3.63, 3.8) is 0 Å². The molecule has 0 saturated carbocycles. The van der Waals surface area contributed by atoms with E-state index in [1.54, 1.807) is 0 Å². The highest BCUT2D eigenvalue weighted by atomic mass is 15.0. The molecule has 0 aromatic heterocycles. The molecular weight excluding hydrogens is 268 g/mol. The van der Waals surface area contributed by atoms with Crippen LogP contribution in [0.3, 0.4) is 0 Å². The number of hydrogen-bond donors (Lipinski definition) is 2. The average molecular weight is 309 g/mol. The van der Waals surface area contributed by atoms with Crippen LogP contribution in [0.15, 0.2) is 0 Å². The van der Waals surface area contributed by atoms with E-state index in [9.17, 15) is 0 Å². The van der Waals surface area contributed by atoms with E-state index in [4.69, 9.17) is 0 Å². The van der Waals surface area contributed by atoms with Crippen LogP contribution in [-0.2, 0) is 0 Å². The summed E-state index contributed by atoms with van der Waals surface area (Å²) in [5.74, 6) is 6.48. The van der Waals surface area contributed by atoms with Gasteiger partial charge in [-0.05, 0) is 51.4 Å². The summed E-state index contributed by atoms with van der Waals surface area (Å²) in [5.41, 5.74) is 0.933. The molecule has 2 heteroatoms. The van der Waals surface area contributed by atoms with Crippen molar-refractivity contribution >= 4 is 0 Å². The minimum Gasteiger partial charge on any atom is -0.301 e. The second kappa shape index (κ2) is 7.84. The molecule has 0 aliphatic heterocycles. The molecular formula is C20H40N2. The van der Waals surface area contributed by atoms with Gasteiger partial charge in [0.1, 0.15) is 0 Å². The lowest BCUT2D eigenvalue weighted by Gasteiger charge is -2.33. The molecule has 0 amide bonds. The third-order valence-corrected chi connectivity index (χ3v) is 3.38. The maximum Gasteiger partial charge on any atom is 0.0581 e. The molecule has 0 bridgehead atoms. The fraction of sp³-hybridized carbons (Fsp3) is 0.900. The molecule has 0 aliphatic rings. The normalized spacial score (nSPS) is 13.7. The highest BCUT2D eigenvalue weighted by molar-refractivity contribution is 5.05. The molecule has 0 aliphatic carbocycles. The van der Waals surface area contributed by atoms with E-state index in [0.717, 1.165) is 25.9 Å². The van der Waals surface area contributed by atoms with Gasteiger partial charge in [0.2, 0.25) is 0 Å². The Morgan fingerprint density at radius 3 is 1.05 bits per heavy atom. The predicted octanol–water partition coefficient (Wildman–Crippen LogP) is 4.60. The predicted molar refractivity (Wildman–Crippen MR) is 100 cm³/mol. The first-order chi connectivity index (χ1) is 9.62. The minimum atomic E-state index is 0.131. The topological polar surface area (TPSA) is 24.1 Å². The number of hydrogen-bond acceptors (Lipinski definition) is 2. The minimum absolute atomic E-state index is 0.131. The lowest BCUT2D eigenvalue weighted by molar-refractivity contribution is 0.248. The molecule has 0 atom stereocenters. The Bertz CT molecular complexity index is 345. The van der Waals surface area contributed by atoms with Crippen LogP contribution < -0.4 is 10.6 Å². The Morgan fingerprint density at radius 1 is 0.545 bits per heavy atom. The number of rotatable bonds is 6. The van der Waals surface area contributed by atoms with Crippen molar-refractivity contribution < 1.29 is 0 Å².